The minimum Gasteiger partial charge on any atom is -0.243 e. The number of nitrogens with zero attached hydrogens (tertiary/aromatic N) is 3. The lowest BCUT2D eigenvalue weighted by molar-refractivity contribution is 0.213. The third-order valence-electron chi connectivity index (χ3n) is 1.07. The van der Waals surface area contributed by atoms with Crippen LogP contribution in [0.15, 0.2) is 5.11 Å². The molecule has 0 radical (unpaired) electrons. The van der Waals surface area contributed by atoms with E-state index in [0.29, 0.717) is 0 Å². The molecule has 0 fully saturated rings. The van der Waals surface area contributed by atoms with Crippen molar-refractivity contribution in [2.75, 3.05) is 11.9 Å². The predicted molar refractivity (Wildman–Crippen MR) is 41.9 cm³/mol. The molecule has 0 aromatic rings. The Kier molecular flexibility index (Phi) is 4.40. The summed E-state index contributed by atoms with van der Waals surface area (Å²) in [6, 6.07) is 0. The highest BCUT2D eigenvalue weighted by molar-refractivity contribution is 9.09. The maximum atomic E-state index is 12.9. The van der Waals surface area contributed by atoms with Gasteiger partial charge in [0.15, 0.2) is 0 Å². The quantitative estimate of drug-likeness (QED) is 0.296. The summed E-state index contributed by atoms with van der Waals surface area (Å²) in [5.74, 6) is 0. The lowest BCUT2D eigenvalue weighted by Crippen LogP contribution is -2.20. The second kappa shape index (κ2) is 4.52. The Balaban J connectivity index is 3.56. The lowest BCUT2D eigenvalue weighted by atomic mass is 10.1. The zero-order valence-electron chi connectivity index (χ0n) is 5.72. The zero-order valence-corrected chi connectivity index (χ0v) is 7.30. The third kappa shape index (κ3) is 4.58. The van der Waals surface area contributed by atoms with Crippen LogP contribution in [0, 0.1) is 0 Å². The highest BCUT2D eigenvalue weighted by atomic mass is 79.9. The summed E-state index contributed by atoms with van der Waals surface area (Å²) in [5, 5.41) is 3.50. The van der Waals surface area contributed by atoms with Gasteiger partial charge in [0.2, 0.25) is 0 Å². The number of rotatable bonds is 4. The van der Waals surface area contributed by atoms with E-state index in [1.807, 2.05) is 0 Å². The maximum Gasteiger partial charge on any atom is 0.118 e. The number of azide groups is 1. The van der Waals surface area contributed by atoms with Crippen LogP contribution in [0.5, 0.6) is 0 Å². The van der Waals surface area contributed by atoms with E-state index >= 15 is 0 Å². The van der Waals surface area contributed by atoms with Crippen molar-refractivity contribution in [3.8, 4) is 0 Å². The van der Waals surface area contributed by atoms with Gasteiger partial charge in [-0.15, -0.1) is 0 Å². The van der Waals surface area contributed by atoms with E-state index in [9.17, 15) is 4.39 Å². The molecule has 0 aliphatic rings. The summed E-state index contributed by atoms with van der Waals surface area (Å²) in [6.07, 6.45) is 0.266. The molecule has 0 aliphatic heterocycles. The van der Waals surface area contributed by atoms with Crippen molar-refractivity contribution >= 4 is 15.9 Å². The molecule has 1 unspecified atom stereocenters. The molecule has 0 saturated carbocycles. The zero-order chi connectivity index (χ0) is 8.04. The number of halogens is 2. The van der Waals surface area contributed by atoms with Crippen LogP contribution in [0.4, 0.5) is 4.39 Å². The lowest BCUT2D eigenvalue weighted by Gasteiger charge is -2.14. The summed E-state index contributed by atoms with van der Waals surface area (Å²) in [7, 11) is 0. The summed E-state index contributed by atoms with van der Waals surface area (Å²) in [4.78, 5) is 2.52. The number of hydrogen-bond donors (Lipinski definition) is 0. The second-order valence-electron chi connectivity index (χ2n) is 2.25. The Bertz CT molecular complexity index is 142. The molecular weight excluding hydrogens is 201 g/mol. The Morgan fingerprint density at radius 1 is 1.80 bits per heavy atom. The molecule has 3 nitrogen and oxygen atoms in total. The molecule has 10 heavy (non-hydrogen) atoms. The molecule has 0 amide bonds. The van der Waals surface area contributed by atoms with Gasteiger partial charge in [-0.25, -0.2) is 4.39 Å². The first-order valence-corrected chi connectivity index (χ1v) is 4.00. The molecule has 0 heterocycles. The normalized spacial score (nSPS) is 15.5. The molecule has 0 spiro atoms. The standard InChI is InChI=1S/C5H9BrFN3/c1-5(7,4-6)2-3-9-10-8/h2-4H2,1H3. The number of alkyl halides is 2. The smallest absolute Gasteiger partial charge is 0.118 e. The van der Waals surface area contributed by atoms with Gasteiger partial charge in [0, 0.05) is 16.8 Å². The van der Waals surface area contributed by atoms with E-state index in [1.165, 1.54) is 6.92 Å². The topological polar surface area (TPSA) is 48.8 Å². The average Bonchev–Trinajstić information content (AvgIpc) is 1.89. The van der Waals surface area contributed by atoms with Crippen LogP contribution in [-0.4, -0.2) is 17.5 Å². The SMILES string of the molecule is CC(F)(CBr)CCN=[N+]=[N-]. The van der Waals surface area contributed by atoms with Crippen molar-refractivity contribution in [2.45, 2.75) is 19.0 Å². The van der Waals surface area contributed by atoms with Gasteiger partial charge in [-0.1, -0.05) is 21.0 Å². The van der Waals surface area contributed by atoms with Crippen molar-refractivity contribution in [3.05, 3.63) is 10.4 Å². The van der Waals surface area contributed by atoms with Crippen molar-refractivity contribution in [3.63, 3.8) is 0 Å². The van der Waals surface area contributed by atoms with Crippen molar-refractivity contribution < 1.29 is 4.39 Å². The van der Waals surface area contributed by atoms with Gasteiger partial charge in [-0.2, -0.15) is 0 Å². The van der Waals surface area contributed by atoms with Crippen LogP contribution in [0.25, 0.3) is 10.4 Å². The molecule has 0 aromatic heterocycles. The van der Waals surface area contributed by atoms with E-state index in [1.54, 1.807) is 0 Å². The Morgan fingerprint density at radius 2 is 2.40 bits per heavy atom. The van der Waals surface area contributed by atoms with Gasteiger partial charge in [0.25, 0.3) is 0 Å². The van der Waals surface area contributed by atoms with E-state index in [4.69, 9.17) is 5.53 Å². The molecule has 5 heteroatoms. The molecular formula is C5H9BrFN3. The summed E-state index contributed by atoms with van der Waals surface area (Å²) >= 11 is 3.01. The number of hydrogen-bond acceptors (Lipinski definition) is 1. The molecule has 58 valence electrons. The van der Waals surface area contributed by atoms with Gasteiger partial charge >= 0.3 is 0 Å². The van der Waals surface area contributed by atoms with Crippen LogP contribution >= 0.6 is 15.9 Å². The predicted octanol–water partition coefficient (Wildman–Crippen LogP) is 2.81. The van der Waals surface area contributed by atoms with Gasteiger partial charge in [0.1, 0.15) is 5.67 Å². The van der Waals surface area contributed by atoms with Crippen LogP contribution in [-0.2, 0) is 0 Å². The highest BCUT2D eigenvalue weighted by Gasteiger charge is 2.19. The fraction of sp³-hybridized carbons (Fsp3) is 1.00. The van der Waals surface area contributed by atoms with Gasteiger partial charge < -0.3 is 0 Å². The molecule has 0 bridgehead atoms. The molecule has 0 rings (SSSR count). The molecule has 0 aliphatic carbocycles. The fourth-order valence-corrected chi connectivity index (χ4v) is 0.675. The van der Waals surface area contributed by atoms with Crippen LogP contribution < -0.4 is 0 Å². The summed E-state index contributed by atoms with van der Waals surface area (Å²) in [5.41, 5.74) is 6.60. The van der Waals surface area contributed by atoms with Gasteiger partial charge in [-0.3, -0.25) is 0 Å². The Morgan fingerprint density at radius 3 is 2.80 bits per heavy atom. The van der Waals surface area contributed by atoms with Crippen LogP contribution in [0.1, 0.15) is 13.3 Å². The first-order valence-electron chi connectivity index (χ1n) is 2.88. The van der Waals surface area contributed by atoms with Crippen molar-refractivity contribution in [1.29, 1.82) is 0 Å². The summed E-state index contributed by atoms with van der Waals surface area (Å²) in [6.45, 7) is 1.68. The minimum atomic E-state index is -1.26. The second-order valence-corrected chi connectivity index (χ2v) is 2.81. The van der Waals surface area contributed by atoms with Crippen molar-refractivity contribution in [1.82, 2.24) is 0 Å². The first kappa shape index (κ1) is 9.72. The van der Waals surface area contributed by atoms with E-state index in [-0.39, 0.29) is 18.3 Å². The fourth-order valence-electron chi connectivity index (χ4n) is 0.395. The molecule has 0 N–H and O–H groups in total. The van der Waals surface area contributed by atoms with E-state index < -0.39 is 5.67 Å². The van der Waals surface area contributed by atoms with E-state index in [0.717, 1.165) is 0 Å². The maximum absolute atomic E-state index is 12.9. The molecule has 0 aromatic carbocycles. The van der Waals surface area contributed by atoms with Crippen LogP contribution in [0.3, 0.4) is 0 Å². The molecule has 1 atom stereocenters. The van der Waals surface area contributed by atoms with Crippen LogP contribution in [0.2, 0.25) is 0 Å². The largest absolute Gasteiger partial charge is 0.243 e. The van der Waals surface area contributed by atoms with Gasteiger partial charge in [-0.05, 0) is 18.9 Å². The first-order chi connectivity index (χ1) is 4.62. The average molecular weight is 210 g/mol. The Hall–Kier alpha value is -0.280. The Labute approximate surface area is 67.4 Å². The highest BCUT2D eigenvalue weighted by Crippen LogP contribution is 2.17. The van der Waals surface area contributed by atoms with E-state index in [2.05, 4.69) is 26.0 Å². The third-order valence-corrected chi connectivity index (χ3v) is 2.24. The summed E-state index contributed by atoms with van der Waals surface area (Å²) < 4.78 is 12.9. The minimum absolute atomic E-state index is 0.217. The monoisotopic (exact) mass is 209 g/mol. The van der Waals surface area contributed by atoms with Crippen molar-refractivity contribution in [2.24, 2.45) is 5.11 Å². The van der Waals surface area contributed by atoms with Gasteiger partial charge in [0.05, 0.1) is 0 Å². The molecule has 0 saturated heterocycles.